The summed E-state index contributed by atoms with van der Waals surface area (Å²) < 4.78 is 6.18. The van der Waals surface area contributed by atoms with Gasteiger partial charge in [-0.3, -0.25) is 9.69 Å². The zero-order valence-electron chi connectivity index (χ0n) is 17.4. The molecule has 164 valence electrons. The summed E-state index contributed by atoms with van der Waals surface area (Å²) in [6.07, 6.45) is 1.45. The molecule has 1 aliphatic heterocycles. The first-order chi connectivity index (χ1) is 15.5. The average molecular weight is 469 g/mol. The molecule has 1 unspecified atom stereocenters. The molecule has 1 fully saturated rings. The first-order valence-electron chi connectivity index (χ1n) is 10.2. The number of rotatable bonds is 5. The Morgan fingerprint density at radius 3 is 2.88 bits per heavy atom. The van der Waals surface area contributed by atoms with Gasteiger partial charge in [0, 0.05) is 37.6 Å². The van der Waals surface area contributed by atoms with Crippen molar-refractivity contribution < 1.29 is 9.32 Å². The number of anilines is 1. The summed E-state index contributed by atoms with van der Waals surface area (Å²) in [5, 5.41) is 5.00. The molecule has 2 N–H and O–H groups in total. The Morgan fingerprint density at radius 2 is 2.06 bits per heavy atom. The molecule has 3 aromatic heterocycles. The minimum Gasteiger partial charge on any atom is -0.383 e. The van der Waals surface area contributed by atoms with Gasteiger partial charge in [0.2, 0.25) is 5.91 Å². The maximum absolute atomic E-state index is 13.1. The molecule has 1 aliphatic rings. The number of amides is 1. The third kappa shape index (κ3) is 4.06. The van der Waals surface area contributed by atoms with Crippen molar-refractivity contribution in [3.05, 3.63) is 58.3 Å². The molecule has 0 bridgehead atoms. The van der Waals surface area contributed by atoms with Gasteiger partial charge >= 0.3 is 0 Å². The van der Waals surface area contributed by atoms with Crippen molar-refractivity contribution in [2.45, 2.75) is 26.1 Å². The summed E-state index contributed by atoms with van der Waals surface area (Å²) in [6.45, 7) is 4.41. The van der Waals surface area contributed by atoms with E-state index in [0.29, 0.717) is 35.5 Å². The minimum absolute atomic E-state index is 0.0901. The molecule has 1 saturated heterocycles. The lowest BCUT2D eigenvalue weighted by molar-refractivity contribution is -0.142. The number of nitrogens with zero attached hydrogens (tertiary/aromatic N) is 5. The third-order valence-corrected chi connectivity index (χ3v) is 6.96. The highest BCUT2D eigenvalue weighted by Crippen LogP contribution is 2.31. The molecule has 4 aromatic rings. The first kappa shape index (κ1) is 20.9. The Balaban J connectivity index is 1.25. The normalized spacial score (nSPS) is 17.4. The molecule has 10 heteroatoms. The number of hydrogen-bond donors (Lipinski definition) is 1. The molecule has 4 heterocycles. The average Bonchev–Trinajstić information content (AvgIpc) is 3.42. The van der Waals surface area contributed by atoms with Gasteiger partial charge in [-0.15, -0.1) is 11.3 Å². The molecule has 0 saturated carbocycles. The molecule has 32 heavy (non-hydrogen) atoms. The van der Waals surface area contributed by atoms with Crippen LogP contribution in [0.1, 0.15) is 18.2 Å². The maximum Gasteiger partial charge on any atom is 0.239 e. The second-order valence-electron chi connectivity index (χ2n) is 7.80. The number of thiophene rings is 1. The van der Waals surface area contributed by atoms with Gasteiger partial charge in [0.05, 0.1) is 26.5 Å². The standard InChI is InChI=1S/C22H21ClN6O2S/c1-13-22(30)29(10-14-2-3-16-17(8-14)25-12-26-21(16)24)7-6-28(13)11-15-9-18(31-27-15)19-4-5-20(23)32-19/h2-5,8-9,12-13H,6-7,10-11H2,1H3,(H2,24,25,26). The highest BCUT2D eigenvalue weighted by atomic mass is 35.5. The number of fused-ring (bicyclic) bond motifs is 1. The number of carbonyl (C=O) groups is 1. The molecule has 1 atom stereocenters. The van der Waals surface area contributed by atoms with Crippen LogP contribution in [0.3, 0.4) is 0 Å². The molecule has 1 aromatic carbocycles. The smallest absolute Gasteiger partial charge is 0.239 e. The van der Waals surface area contributed by atoms with E-state index in [-0.39, 0.29) is 11.9 Å². The van der Waals surface area contributed by atoms with Crippen LogP contribution < -0.4 is 5.73 Å². The van der Waals surface area contributed by atoms with E-state index in [4.69, 9.17) is 21.9 Å². The largest absolute Gasteiger partial charge is 0.383 e. The van der Waals surface area contributed by atoms with Gasteiger partial charge in [-0.25, -0.2) is 9.97 Å². The van der Waals surface area contributed by atoms with Crippen LogP contribution in [-0.2, 0) is 17.9 Å². The summed E-state index contributed by atoms with van der Waals surface area (Å²) in [4.78, 5) is 26.3. The zero-order chi connectivity index (χ0) is 22.2. The van der Waals surface area contributed by atoms with Gasteiger partial charge in [0.25, 0.3) is 0 Å². The van der Waals surface area contributed by atoms with E-state index in [0.717, 1.165) is 33.6 Å². The Bertz CT molecular complexity index is 1290. The molecule has 0 radical (unpaired) electrons. The van der Waals surface area contributed by atoms with Gasteiger partial charge in [-0.1, -0.05) is 22.8 Å². The summed E-state index contributed by atoms with van der Waals surface area (Å²) in [5.74, 6) is 1.24. The topological polar surface area (TPSA) is 101 Å². The second-order valence-corrected chi connectivity index (χ2v) is 9.52. The zero-order valence-corrected chi connectivity index (χ0v) is 18.9. The van der Waals surface area contributed by atoms with Gasteiger partial charge in [-0.05, 0) is 36.8 Å². The van der Waals surface area contributed by atoms with Crippen LogP contribution in [0.2, 0.25) is 4.34 Å². The van der Waals surface area contributed by atoms with Gasteiger partial charge in [0.1, 0.15) is 12.1 Å². The molecule has 1 amide bonds. The van der Waals surface area contributed by atoms with Crippen LogP contribution >= 0.6 is 22.9 Å². The number of nitrogens with two attached hydrogens (primary N) is 1. The number of hydrogen-bond acceptors (Lipinski definition) is 8. The Kier molecular flexibility index (Phi) is 5.54. The van der Waals surface area contributed by atoms with Crippen LogP contribution in [0, 0.1) is 0 Å². The van der Waals surface area contributed by atoms with Gasteiger partial charge in [0.15, 0.2) is 5.76 Å². The Labute approximate surface area is 193 Å². The van der Waals surface area contributed by atoms with Crippen LogP contribution in [0.15, 0.2) is 47.2 Å². The van der Waals surface area contributed by atoms with Crippen LogP contribution in [0.25, 0.3) is 21.5 Å². The van der Waals surface area contributed by atoms with Crippen molar-refractivity contribution in [3.63, 3.8) is 0 Å². The van der Waals surface area contributed by atoms with Crippen molar-refractivity contribution in [2.24, 2.45) is 0 Å². The summed E-state index contributed by atoms with van der Waals surface area (Å²) in [7, 11) is 0. The molecule has 5 rings (SSSR count). The molecule has 0 aliphatic carbocycles. The van der Waals surface area contributed by atoms with Crippen LogP contribution in [0.5, 0.6) is 0 Å². The number of piperazine rings is 1. The fourth-order valence-electron chi connectivity index (χ4n) is 3.95. The van der Waals surface area contributed by atoms with Crippen molar-refractivity contribution in [1.29, 1.82) is 0 Å². The Morgan fingerprint density at radius 1 is 1.19 bits per heavy atom. The Hall–Kier alpha value is -3.01. The number of aromatic nitrogens is 3. The molecule has 0 spiro atoms. The predicted octanol–water partition coefficient (Wildman–Crippen LogP) is 3.81. The highest BCUT2D eigenvalue weighted by molar-refractivity contribution is 7.19. The highest BCUT2D eigenvalue weighted by Gasteiger charge is 2.32. The number of carbonyl (C=O) groups excluding carboxylic acids is 1. The summed E-state index contributed by atoms with van der Waals surface area (Å²) >= 11 is 7.46. The second kappa shape index (κ2) is 8.50. The van der Waals surface area contributed by atoms with Crippen molar-refractivity contribution in [1.82, 2.24) is 24.9 Å². The maximum atomic E-state index is 13.1. The molecular weight excluding hydrogens is 448 g/mol. The quantitative estimate of drug-likeness (QED) is 0.475. The van der Waals surface area contributed by atoms with Crippen molar-refractivity contribution >= 4 is 45.6 Å². The van der Waals surface area contributed by atoms with E-state index in [1.807, 2.05) is 48.2 Å². The van der Waals surface area contributed by atoms with E-state index < -0.39 is 0 Å². The van der Waals surface area contributed by atoms with E-state index in [1.165, 1.54) is 17.7 Å². The van der Waals surface area contributed by atoms with Crippen LogP contribution in [-0.4, -0.2) is 50.0 Å². The first-order valence-corrected chi connectivity index (χ1v) is 11.4. The minimum atomic E-state index is -0.251. The number of benzene rings is 1. The number of halogens is 1. The summed E-state index contributed by atoms with van der Waals surface area (Å²) in [6, 6.07) is 11.3. The monoisotopic (exact) mass is 468 g/mol. The fraction of sp³-hybridized carbons (Fsp3) is 0.273. The molecular formula is C22H21ClN6O2S. The van der Waals surface area contributed by atoms with Crippen molar-refractivity contribution in [3.8, 4) is 10.6 Å². The van der Waals surface area contributed by atoms with E-state index in [1.54, 1.807) is 0 Å². The van der Waals surface area contributed by atoms with E-state index in [2.05, 4.69) is 20.0 Å². The van der Waals surface area contributed by atoms with E-state index >= 15 is 0 Å². The lowest BCUT2D eigenvalue weighted by Gasteiger charge is -2.38. The van der Waals surface area contributed by atoms with Gasteiger partial charge < -0.3 is 15.2 Å². The van der Waals surface area contributed by atoms with E-state index in [9.17, 15) is 4.79 Å². The van der Waals surface area contributed by atoms with Crippen molar-refractivity contribution in [2.75, 3.05) is 18.8 Å². The van der Waals surface area contributed by atoms with Crippen LogP contribution in [0.4, 0.5) is 5.82 Å². The SMILES string of the molecule is CC1C(=O)N(Cc2ccc3c(N)ncnc3c2)CCN1Cc1cc(-c2ccc(Cl)s2)on1. The fourth-order valence-corrected chi connectivity index (χ4v) is 4.94. The molecule has 8 nitrogen and oxygen atoms in total. The predicted molar refractivity (Wildman–Crippen MR) is 124 cm³/mol. The number of nitrogen functional groups attached to an aromatic ring is 1. The lowest BCUT2D eigenvalue weighted by atomic mass is 10.1. The van der Waals surface area contributed by atoms with Gasteiger partial charge in [-0.2, -0.15) is 0 Å². The third-order valence-electron chi connectivity index (χ3n) is 5.72. The lowest BCUT2D eigenvalue weighted by Crippen LogP contribution is -2.54. The summed E-state index contributed by atoms with van der Waals surface area (Å²) in [5.41, 5.74) is 8.50.